The SMILES string of the molecule is NC1Cc2ccccc2N(C(=O)Cc2cccnc2)C1. The number of hydrogen-bond acceptors (Lipinski definition) is 3. The molecule has 3 rings (SSSR count). The molecular formula is C16H17N3O. The molecule has 0 fully saturated rings. The minimum atomic E-state index is 0.00254. The number of rotatable bonds is 2. The molecule has 2 aromatic rings. The Kier molecular flexibility index (Phi) is 3.48. The van der Waals surface area contributed by atoms with Crippen LogP contribution in [0.25, 0.3) is 0 Å². The van der Waals surface area contributed by atoms with E-state index in [0.717, 1.165) is 23.2 Å². The summed E-state index contributed by atoms with van der Waals surface area (Å²) in [7, 11) is 0. The van der Waals surface area contributed by atoms with Crippen LogP contribution in [0.5, 0.6) is 0 Å². The second-order valence-corrected chi connectivity index (χ2v) is 5.14. The van der Waals surface area contributed by atoms with Crippen LogP contribution < -0.4 is 10.6 Å². The Bertz CT molecular complexity index is 612. The van der Waals surface area contributed by atoms with E-state index in [1.165, 1.54) is 0 Å². The molecular weight excluding hydrogens is 250 g/mol. The van der Waals surface area contributed by atoms with E-state index in [0.29, 0.717) is 13.0 Å². The summed E-state index contributed by atoms with van der Waals surface area (Å²) in [5.41, 5.74) is 9.12. The van der Waals surface area contributed by atoms with E-state index >= 15 is 0 Å². The third-order valence-electron chi connectivity index (χ3n) is 3.56. The molecule has 4 nitrogen and oxygen atoms in total. The molecule has 1 aromatic heterocycles. The minimum absolute atomic E-state index is 0.00254. The van der Waals surface area contributed by atoms with Gasteiger partial charge in [0, 0.05) is 30.7 Å². The van der Waals surface area contributed by atoms with Crippen LogP contribution in [0.1, 0.15) is 11.1 Å². The molecule has 4 heteroatoms. The predicted molar refractivity (Wildman–Crippen MR) is 78.4 cm³/mol. The van der Waals surface area contributed by atoms with Gasteiger partial charge in [-0.05, 0) is 29.7 Å². The zero-order valence-corrected chi connectivity index (χ0v) is 11.2. The number of fused-ring (bicyclic) bond motifs is 1. The number of hydrogen-bond donors (Lipinski definition) is 1. The summed E-state index contributed by atoms with van der Waals surface area (Å²) in [5.74, 6) is 0.0700. The van der Waals surface area contributed by atoms with E-state index in [1.807, 2.05) is 36.4 Å². The number of nitrogens with zero attached hydrogens (tertiary/aromatic N) is 2. The Morgan fingerprint density at radius 3 is 2.95 bits per heavy atom. The summed E-state index contributed by atoms with van der Waals surface area (Å²) in [6.45, 7) is 0.579. The summed E-state index contributed by atoms with van der Waals surface area (Å²) in [4.78, 5) is 18.4. The number of anilines is 1. The maximum atomic E-state index is 12.5. The van der Waals surface area contributed by atoms with Crippen LogP contribution in [0, 0.1) is 0 Å². The van der Waals surface area contributed by atoms with Crippen LogP contribution in [0.2, 0.25) is 0 Å². The molecule has 1 aliphatic rings. The lowest BCUT2D eigenvalue weighted by atomic mass is 9.98. The molecule has 1 aliphatic heterocycles. The number of carbonyl (C=O) groups is 1. The monoisotopic (exact) mass is 267 g/mol. The van der Waals surface area contributed by atoms with E-state index < -0.39 is 0 Å². The van der Waals surface area contributed by atoms with Crippen molar-refractivity contribution in [1.82, 2.24) is 4.98 Å². The fourth-order valence-electron chi connectivity index (χ4n) is 2.64. The van der Waals surface area contributed by atoms with Crippen LogP contribution >= 0.6 is 0 Å². The molecule has 102 valence electrons. The lowest BCUT2D eigenvalue weighted by Gasteiger charge is -2.33. The van der Waals surface area contributed by atoms with Crippen molar-refractivity contribution in [3.63, 3.8) is 0 Å². The Morgan fingerprint density at radius 2 is 2.15 bits per heavy atom. The van der Waals surface area contributed by atoms with Crippen molar-refractivity contribution in [3.05, 3.63) is 59.9 Å². The second kappa shape index (κ2) is 5.43. The Balaban J connectivity index is 1.85. The van der Waals surface area contributed by atoms with Gasteiger partial charge in [0.25, 0.3) is 0 Å². The summed E-state index contributed by atoms with van der Waals surface area (Å²) in [6, 6.07) is 11.7. The number of amides is 1. The lowest BCUT2D eigenvalue weighted by molar-refractivity contribution is -0.118. The van der Waals surface area contributed by atoms with Crippen molar-refractivity contribution in [2.75, 3.05) is 11.4 Å². The van der Waals surface area contributed by atoms with Crippen LogP contribution in [-0.4, -0.2) is 23.5 Å². The molecule has 2 N–H and O–H groups in total. The van der Waals surface area contributed by atoms with Gasteiger partial charge in [0.1, 0.15) is 0 Å². The quantitative estimate of drug-likeness (QED) is 0.898. The van der Waals surface area contributed by atoms with Crippen LogP contribution in [-0.2, 0) is 17.6 Å². The highest BCUT2D eigenvalue weighted by Gasteiger charge is 2.26. The standard InChI is InChI=1S/C16H17N3O/c17-14-9-13-5-1-2-6-15(13)19(11-14)16(20)8-12-4-3-7-18-10-12/h1-7,10,14H,8-9,11,17H2. The largest absolute Gasteiger partial charge is 0.326 e. The van der Waals surface area contributed by atoms with Crippen molar-refractivity contribution in [3.8, 4) is 0 Å². The van der Waals surface area contributed by atoms with Gasteiger partial charge in [0.2, 0.25) is 5.91 Å². The summed E-state index contributed by atoms with van der Waals surface area (Å²) < 4.78 is 0. The average Bonchev–Trinajstić information content (AvgIpc) is 2.47. The highest BCUT2D eigenvalue weighted by atomic mass is 16.2. The molecule has 1 aromatic carbocycles. The molecule has 1 atom stereocenters. The highest BCUT2D eigenvalue weighted by Crippen LogP contribution is 2.26. The van der Waals surface area contributed by atoms with Gasteiger partial charge in [-0.25, -0.2) is 0 Å². The highest BCUT2D eigenvalue weighted by molar-refractivity contribution is 5.96. The van der Waals surface area contributed by atoms with Gasteiger partial charge in [-0.15, -0.1) is 0 Å². The van der Waals surface area contributed by atoms with E-state index in [2.05, 4.69) is 4.98 Å². The lowest BCUT2D eigenvalue weighted by Crippen LogP contribution is -2.46. The van der Waals surface area contributed by atoms with Gasteiger partial charge in [-0.3, -0.25) is 9.78 Å². The molecule has 2 heterocycles. The van der Waals surface area contributed by atoms with E-state index in [9.17, 15) is 4.79 Å². The predicted octanol–water partition coefficient (Wildman–Crippen LogP) is 1.54. The van der Waals surface area contributed by atoms with Crippen molar-refractivity contribution < 1.29 is 4.79 Å². The van der Waals surface area contributed by atoms with Gasteiger partial charge in [0.05, 0.1) is 6.42 Å². The van der Waals surface area contributed by atoms with Crippen LogP contribution in [0.15, 0.2) is 48.8 Å². The number of carbonyl (C=O) groups excluding carboxylic acids is 1. The van der Waals surface area contributed by atoms with Crippen molar-refractivity contribution in [2.24, 2.45) is 5.73 Å². The summed E-state index contributed by atoms with van der Waals surface area (Å²) in [5, 5.41) is 0. The topological polar surface area (TPSA) is 59.2 Å². The maximum Gasteiger partial charge on any atom is 0.231 e. The third kappa shape index (κ3) is 2.56. The zero-order valence-electron chi connectivity index (χ0n) is 11.2. The smallest absolute Gasteiger partial charge is 0.231 e. The van der Waals surface area contributed by atoms with Gasteiger partial charge in [-0.2, -0.15) is 0 Å². The molecule has 0 bridgehead atoms. The van der Waals surface area contributed by atoms with Crippen molar-refractivity contribution in [1.29, 1.82) is 0 Å². The molecule has 1 unspecified atom stereocenters. The fourth-order valence-corrected chi connectivity index (χ4v) is 2.64. The zero-order chi connectivity index (χ0) is 13.9. The second-order valence-electron chi connectivity index (χ2n) is 5.14. The van der Waals surface area contributed by atoms with E-state index in [4.69, 9.17) is 5.73 Å². The van der Waals surface area contributed by atoms with Gasteiger partial charge >= 0.3 is 0 Å². The van der Waals surface area contributed by atoms with Gasteiger partial charge in [-0.1, -0.05) is 24.3 Å². The first-order valence-electron chi connectivity index (χ1n) is 6.77. The first-order chi connectivity index (χ1) is 9.74. The normalized spacial score (nSPS) is 17.6. The molecule has 0 saturated carbocycles. The first kappa shape index (κ1) is 12.8. The Hall–Kier alpha value is -2.20. The fraction of sp³-hybridized carbons (Fsp3) is 0.250. The number of para-hydroxylation sites is 1. The Labute approximate surface area is 118 Å². The number of benzene rings is 1. The third-order valence-corrected chi connectivity index (χ3v) is 3.56. The molecule has 1 amide bonds. The van der Waals surface area contributed by atoms with Gasteiger partial charge < -0.3 is 10.6 Å². The van der Waals surface area contributed by atoms with Crippen molar-refractivity contribution >= 4 is 11.6 Å². The average molecular weight is 267 g/mol. The van der Waals surface area contributed by atoms with Crippen LogP contribution in [0.4, 0.5) is 5.69 Å². The number of nitrogens with two attached hydrogens (primary N) is 1. The summed E-state index contributed by atoms with van der Waals surface area (Å²) in [6.07, 6.45) is 4.62. The number of pyridine rings is 1. The van der Waals surface area contributed by atoms with E-state index in [-0.39, 0.29) is 11.9 Å². The molecule has 0 aliphatic carbocycles. The van der Waals surface area contributed by atoms with Crippen LogP contribution in [0.3, 0.4) is 0 Å². The molecule has 0 spiro atoms. The molecule has 0 radical (unpaired) electrons. The maximum absolute atomic E-state index is 12.5. The Morgan fingerprint density at radius 1 is 1.30 bits per heavy atom. The molecule has 20 heavy (non-hydrogen) atoms. The van der Waals surface area contributed by atoms with Crippen molar-refractivity contribution in [2.45, 2.75) is 18.9 Å². The van der Waals surface area contributed by atoms with Gasteiger partial charge in [0.15, 0.2) is 0 Å². The minimum Gasteiger partial charge on any atom is -0.326 e. The number of aromatic nitrogens is 1. The molecule has 0 saturated heterocycles. The van der Waals surface area contributed by atoms with E-state index in [1.54, 1.807) is 17.3 Å². The summed E-state index contributed by atoms with van der Waals surface area (Å²) >= 11 is 0. The first-order valence-corrected chi connectivity index (χ1v) is 6.77.